The summed E-state index contributed by atoms with van der Waals surface area (Å²) in [7, 11) is 0. The minimum absolute atomic E-state index is 0.0926. The van der Waals surface area contributed by atoms with Gasteiger partial charge in [0.15, 0.2) is 0 Å². The van der Waals surface area contributed by atoms with Crippen LogP contribution in [-0.2, 0) is 0 Å². The van der Waals surface area contributed by atoms with E-state index in [1.807, 2.05) is 0 Å². The molecule has 3 heterocycles. The summed E-state index contributed by atoms with van der Waals surface area (Å²) in [5, 5.41) is 10.6. The maximum absolute atomic E-state index is 10.9. The van der Waals surface area contributed by atoms with Crippen molar-refractivity contribution in [3.63, 3.8) is 0 Å². The van der Waals surface area contributed by atoms with E-state index in [2.05, 4.69) is 15.3 Å². The number of carboxylic acids is 1. The summed E-state index contributed by atoms with van der Waals surface area (Å²) in [5.74, 6) is -1.73. The van der Waals surface area contributed by atoms with Crippen LogP contribution in [0, 0.1) is 0 Å². The fraction of sp³-hybridized carbons (Fsp3) is 0. The lowest BCUT2D eigenvalue weighted by Crippen LogP contribution is -2.19. The Labute approximate surface area is 118 Å². The second-order valence-corrected chi connectivity index (χ2v) is 3.97. The molecule has 0 spiro atoms. The molecular weight excluding hydrogens is 276 g/mol. The summed E-state index contributed by atoms with van der Waals surface area (Å²) in [5.41, 5.74) is 6.33. The van der Waals surface area contributed by atoms with Gasteiger partial charge in [0.05, 0.1) is 28.6 Å². The third kappa shape index (κ3) is 3.00. The SMILES string of the molecule is Nc1cnccc1C(=O)O.O=C1NC(=O)c2cnccc21. The molecule has 0 aromatic carbocycles. The van der Waals surface area contributed by atoms with Crippen LogP contribution >= 0.6 is 0 Å². The summed E-state index contributed by atoms with van der Waals surface area (Å²) in [6.07, 6.45) is 5.57. The lowest BCUT2D eigenvalue weighted by atomic mass is 10.2. The number of carboxylic acid groups (broad SMARTS) is 1. The first-order valence-corrected chi connectivity index (χ1v) is 5.73. The average molecular weight is 286 g/mol. The third-order valence-corrected chi connectivity index (χ3v) is 2.62. The predicted molar refractivity (Wildman–Crippen MR) is 71.6 cm³/mol. The molecule has 0 saturated heterocycles. The first kappa shape index (κ1) is 14.1. The number of amides is 2. The molecule has 106 valence electrons. The maximum atomic E-state index is 10.9. The van der Waals surface area contributed by atoms with Crippen molar-refractivity contribution < 1.29 is 19.5 Å². The topological polar surface area (TPSA) is 135 Å². The van der Waals surface area contributed by atoms with Gasteiger partial charge in [0.2, 0.25) is 0 Å². The van der Waals surface area contributed by atoms with E-state index < -0.39 is 5.97 Å². The van der Waals surface area contributed by atoms with E-state index in [1.165, 1.54) is 36.9 Å². The van der Waals surface area contributed by atoms with Crippen LogP contribution in [0.25, 0.3) is 0 Å². The highest BCUT2D eigenvalue weighted by molar-refractivity contribution is 6.21. The first-order chi connectivity index (χ1) is 10.0. The van der Waals surface area contributed by atoms with Gasteiger partial charge in [-0.25, -0.2) is 4.79 Å². The number of nitrogens with two attached hydrogens (primary N) is 1. The highest BCUT2D eigenvalue weighted by Crippen LogP contribution is 2.12. The van der Waals surface area contributed by atoms with E-state index in [1.54, 1.807) is 0 Å². The smallest absolute Gasteiger partial charge is 0.337 e. The van der Waals surface area contributed by atoms with Crippen molar-refractivity contribution in [3.8, 4) is 0 Å². The minimum Gasteiger partial charge on any atom is -0.478 e. The number of hydrogen-bond donors (Lipinski definition) is 3. The molecular formula is C13H10N4O4. The Morgan fingerprint density at radius 1 is 1.05 bits per heavy atom. The van der Waals surface area contributed by atoms with Gasteiger partial charge >= 0.3 is 5.97 Å². The molecule has 0 aliphatic carbocycles. The molecule has 0 radical (unpaired) electrons. The normalized spacial score (nSPS) is 12.0. The molecule has 21 heavy (non-hydrogen) atoms. The summed E-state index contributed by atoms with van der Waals surface area (Å²) in [4.78, 5) is 39.5. The van der Waals surface area contributed by atoms with E-state index in [4.69, 9.17) is 10.8 Å². The Kier molecular flexibility index (Phi) is 3.89. The lowest BCUT2D eigenvalue weighted by molar-refractivity contribution is 0.0697. The second kappa shape index (κ2) is 5.78. The fourth-order valence-electron chi connectivity index (χ4n) is 1.61. The lowest BCUT2D eigenvalue weighted by Gasteiger charge is -1.95. The van der Waals surface area contributed by atoms with Crippen LogP contribution in [0.3, 0.4) is 0 Å². The molecule has 1 aliphatic rings. The molecule has 0 bridgehead atoms. The molecule has 0 fully saturated rings. The van der Waals surface area contributed by atoms with Gasteiger partial charge in [-0.05, 0) is 12.1 Å². The third-order valence-electron chi connectivity index (χ3n) is 2.62. The van der Waals surface area contributed by atoms with Crippen molar-refractivity contribution in [1.29, 1.82) is 0 Å². The predicted octanol–water partition coefficient (Wildman–Crippen LogP) is 0.327. The molecule has 0 atom stereocenters. The van der Waals surface area contributed by atoms with Gasteiger partial charge in [0.1, 0.15) is 0 Å². The minimum atomic E-state index is -1.03. The van der Waals surface area contributed by atoms with Crippen LogP contribution in [0.2, 0.25) is 0 Å². The number of hydrogen-bond acceptors (Lipinski definition) is 6. The van der Waals surface area contributed by atoms with E-state index in [0.717, 1.165) is 0 Å². The summed E-state index contributed by atoms with van der Waals surface area (Å²) in [6, 6.07) is 2.88. The molecule has 1 aliphatic heterocycles. The number of rotatable bonds is 1. The summed E-state index contributed by atoms with van der Waals surface area (Å²) >= 11 is 0. The molecule has 8 heteroatoms. The van der Waals surface area contributed by atoms with Crippen molar-refractivity contribution in [1.82, 2.24) is 15.3 Å². The number of aromatic carboxylic acids is 1. The number of pyridine rings is 2. The van der Waals surface area contributed by atoms with E-state index in [-0.39, 0.29) is 23.1 Å². The van der Waals surface area contributed by atoms with Crippen LogP contribution in [0.15, 0.2) is 36.9 Å². The molecule has 2 aromatic heterocycles. The van der Waals surface area contributed by atoms with Crippen LogP contribution in [0.1, 0.15) is 31.1 Å². The molecule has 3 rings (SSSR count). The zero-order valence-electron chi connectivity index (χ0n) is 10.6. The zero-order chi connectivity index (χ0) is 15.4. The van der Waals surface area contributed by atoms with Crippen molar-refractivity contribution in [2.24, 2.45) is 0 Å². The number of carbonyl (C=O) groups is 3. The van der Waals surface area contributed by atoms with Crippen molar-refractivity contribution >= 4 is 23.5 Å². The number of fused-ring (bicyclic) bond motifs is 1. The van der Waals surface area contributed by atoms with Crippen LogP contribution in [-0.4, -0.2) is 32.9 Å². The maximum Gasteiger partial charge on any atom is 0.337 e. The summed E-state index contributed by atoms with van der Waals surface area (Å²) in [6.45, 7) is 0. The van der Waals surface area contributed by atoms with E-state index in [9.17, 15) is 14.4 Å². The number of carbonyl (C=O) groups excluding carboxylic acids is 2. The Bertz CT molecular complexity index is 697. The van der Waals surface area contributed by atoms with Crippen LogP contribution in [0.4, 0.5) is 5.69 Å². The largest absolute Gasteiger partial charge is 0.478 e. The molecule has 0 saturated carbocycles. The number of anilines is 1. The first-order valence-electron chi connectivity index (χ1n) is 5.73. The van der Waals surface area contributed by atoms with Gasteiger partial charge < -0.3 is 10.8 Å². The van der Waals surface area contributed by atoms with Gasteiger partial charge in [0.25, 0.3) is 11.8 Å². The van der Waals surface area contributed by atoms with Gasteiger partial charge in [-0.2, -0.15) is 0 Å². The van der Waals surface area contributed by atoms with Gasteiger partial charge in [0, 0.05) is 18.6 Å². The molecule has 4 N–H and O–H groups in total. The molecule has 2 amide bonds. The fourth-order valence-corrected chi connectivity index (χ4v) is 1.61. The average Bonchev–Trinajstić information content (AvgIpc) is 2.76. The summed E-state index contributed by atoms with van der Waals surface area (Å²) < 4.78 is 0. The second-order valence-electron chi connectivity index (χ2n) is 3.97. The number of nitrogen functional groups attached to an aromatic ring is 1. The standard InChI is InChI=1S/C7H4N2O2.C6H6N2O2/c10-6-4-1-2-8-3-5(4)7(11)9-6;7-5-3-8-2-1-4(5)6(9)10/h1-3H,(H,9,10,11);1-3H,7H2,(H,9,10). The molecule has 8 nitrogen and oxygen atoms in total. The number of nitrogens with zero attached hydrogens (tertiary/aromatic N) is 2. The van der Waals surface area contributed by atoms with Crippen LogP contribution < -0.4 is 11.1 Å². The Morgan fingerprint density at radius 3 is 2.24 bits per heavy atom. The van der Waals surface area contributed by atoms with Crippen molar-refractivity contribution in [2.75, 3.05) is 5.73 Å². The van der Waals surface area contributed by atoms with Gasteiger partial charge in [-0.1, -0.05) is 0 Å². The monoisotopic (exact) mass is 286 g/mol. The van der Waals surface area contributed by atoms with E-state index >= 15 is 0 Å². The molecule has 2 aromatic rings. The Hall–Kier alpha value is -3.29. The van der Waals surface area contributed by atoms with Crippen molar-refractivity contribution in [3.05, 3.63) is 53.6 Å². The van der Waals surface area contributed by atoms with Gasteiger partial charge in [-0.15, -0.1) is 0 Å². The van der Waals surface area contributed by atoms with Gasteiger partial charge in [-0.3, -0.25) is 24.9 Å². The zero-order valence-corrected chi connectivity index (χ0v) is 10.6. The number of imide groups is 1. The number of aromatic nitrogens is 2. The number of nitrogens with one attached hydrogen (secondary N) is 1. The quantitative estimate of drug-likeness (QED) is 0.642. The highest BCUT2D eigenvalue weighted by Gasteiger charge is 2.25. The Morgan fingerprint density at radius 2 is 1.67 bits per heavy atom. The molecule has 0 unspecified atom stereocenters. The van der Waals surface area contributed by atoms with Crippen molar-refractivity contribution in [2.45, 2.75) is 0 Å². The Balaban J connectivity index is 0.000000155. The van der Waals surface area contributed by atoms with E-state index in [0.29, 0.717) is 11.1 Å². The highest BCUT2D eigenvalue weighted by atomic mass is 16.4. The van der Waals surface area contributed by atoms with Crippen LogP contribution in [0.5, 0.6) is 0 Å².